The minimum Gasteiger partial charge on any atom is -0.488 e. The van der Waals surface area contributed by atoms with Crippen LogP contribution in [0, 0.1) is 10.1 Å². The first-order valence-electron chi connectivity index (χ1n) is 4.50. The minimum absolute atomic E-state index is 0. The van der Waals surface area contributed by atoms with E-state index in [-0.39, 0.29) is 24.5 Å². The second-order valence-electron chi connectivity index (χ2n) is 3.00. The van der Waals surface area contributed by atoms with E-state index in [1.165, 1.54) is 19.2 Å². The van der Waals surface area contributed by atoms with Crippen molar-refractivity contribution in [1.82, 2.24) is 0 Å². The molecular formula is C11H13NO6. The monoisotopic (exact) mass is 255 g/mol. The van der Waals surface area contributed by atoms with Crippen LogP contribution in [0.15, 0.2) is 12.1 Å². The van der Waals surface area contributed by atoms with E-state index in [4.69, 9.17) is 9.47 Å². The summed E-state index contributed by atoms with van der Waals surface area (Å²) in [6, 6.07) is 2.45. The number of hydrogen-bond donors (Lipinski definition) is 0. The van der Waals surface area contributed by atoms with Gasteiger partial charge in [0.05, 0.1) is 17.6 Å². The molecule has 0 fully saturated rings. The Hall–Kier alpha value is -2.44. The van der Waals surface area contributed by atoms with Gasteiger partial charge in [-0.15, -0.1) is 0 Å². The molecule has 0 N–H and O–H groups in total. The van der Waals surface area contributed by atoms with Gasteiger partial charge >= 0.3 is 11.7 Å². The number of nitro groups is 1. The number of aldehydes is 1. The van der Waals surface area contributed by atoms with Crippen LogP contribution in [-0.4, -0.2) is 24.3 Å². The number of esters is 1. The maximum Gasteiger partial charge on any atom is 0.325 e. The van der Waals surface area contributed by atoms with Gasteiger partial charge in [0.1, 0.15) is 0 Å². The second kappa shape index (κ2) is 6.33. The molecule has 0 aliphatic heterocycles. The number of rotatable bonds is 4. The zero-order valence-electron chi connectivity index (χ0n) is 9.13. The van der Waals surface area contributed by atoms with E-state index < -0.39 is 16.6 Å². The van der Waals surface area contributed by atoms with Gasteiger partial charge in [-0.25, -0.2) is 0 Å². The summed E-state index contributed by atoms with van der Waals surface area (Å²) in [5.74, 6) is -0.997. The molecule has 7 nitrogen and oxygen atoms in total. The Bertz CT molecular complexity index is 483. The zero-order chi connectivity index (χ0) is 13.0. The number of ether oxygens (including phenoxy) is 2. The smallest absolute Gasteiger partial charge is 0.325 e. The molecule has 0 bridgehead atoms. The Morgan fingerprint density at radius 1 is 1.44 bits per heavy atom. The van der Waals surface area contributed by atoms with Gasteiger partial charge in [0.15, 0.2) is 12.0 Å². The largest absolute Gasteiger partial charge is 0.488 e. The van der Waals surface area contributed by atoms with Crippen molar-refractivity contribution in [3.8, 4) is 11.5 Å². The molecule has 0 unspecified atom stereocenters. The lowest BCUT2D eigenvalue weighted by Gasteiger charge is -2.08. The van der Waals surface area contributed by atoms with Crippen molar-refractivity contribution in [1.29, 1.82) is 0 Å². The molecule has 0 saturated carbocycles. The quantitative estimate of drug-likeness (QED) is 0.268. The Kier molecular flexibility index (Phi) is 5.47. The van der Waals surface area contributed by atoms with Crippen LogP contribution in [0.2, 0.25) is 0 Å². The fraction of sp³-hybridized carbons (Fsp3) is 0.273. The molecule has 1 aromatic carbocycles. The number of nitrogens with zero attached hydrogens (tertiary/aromatic N) is 1. The lowest BCUT2D eigenvalue weighted by molar-refractivity contribution is -0.386. The Balaban J connectivity index is 0.00000289. The Morgan fingerprint density at radius 3 is 2.44 bits per heavy atom. The van der Waals surface area contributed by atoms with Crippen LogP contribution in [0.3, 0.4) is 0 Å². The van der Waals surface area contributed by atoms with Gasteiger partial charge in [0.25, 0.3) is 0 Å². The van der Waals surface area contributed by atoms with Crippen molar-refractivity contribution in [2.75, 3.05) is 7.11 Å². The zero-order valence-corrected chi connectivity index (χ0v) is 9.13. The molecule has 0 saturated heterocycles. The Morgan fingerprint density at radius 2 is 2.06 bits per heavy atom. The van der Waals surface area contributed by atoms with Crippen molar-refractivity contribution in [3.63, 3.8) is 0 Å². The summed E-state index contributed by atoms with van der Waals surface area (Å²) in [7, 11) is 1.18. The van der Waals surface area contributed by atoms with E-state index in [2.05, 4.69) is 0 Å². The highest BCUT2D eigenvalue weighted by Gasteiger charge is 2.25. The van der Waals surface area contributed by atoms with Crippen molar-refractivity contribution in [2.45, 2.75) is 14.4 Å². The number of nitro benzene ring substituents is 1. The number of benzene rings is 1. The maximum atomic E-state index is 10.8. The molecule has 0 aliphatic carbocycles. The molecule has 0 amide bonds. The standard InChI is InChI=1S/C10H9NO6.CH4/c1-6(13)17-8-4-3-7(5-12)9(11(14)15)10(8)16-2;/h3-5H,1-2H3;1H4. The van der Waals surface area contributed by atoms with E-state index >= 15 is 0 Å². The van der Waals surface area contributed by atoms with E-state index in [0.717, 1.165) is 6.92 Å². The van der Waals surface area contributed by atoms with Crippen LogP contribution >= 0.6 is 0 Å². The first kappa shape index (κ1) is 15.6. The van der Waals surface area contributed by atoms with Crippen LogP contribution in [0.25, 0.3) is 0 Å². The van der Waals surface area contributed by atoms with Crippen molar-refractivity contribution < 1.29 is 24.0 Å². The first-order valence-corrected chi connectivity index (χ1v) is 4.50. The summed E-state index contributed by atoms with van der Waals surface area (Å²) in [6.45, 7) is 1.15. The van der Waals surface area contributed by atoms with Gasteiger partial charge in [-0.1, -0.05) is 7.43 Å². The SMILES string of the molecule is C.COc1c(OC(C)=O)ccc(C=O)c1[N+](=O)[O-]. The maximum absolute atomic E-state index is 10.8. The molecule has 1 rings (SSSR count). The van der Waals surface area contributed by atoms with Crippen LogP contribution in [0.5, 0.6) is 11.5 Å². The predicted octanol–water partition coefficient (Wildman–Crippen LogP) is 1.98. The van der Waals surface area contributed by atoms with E-state index in [1.54, 1.807) is 0 Å². The summed E-state index contributed by atoms with van der Waals surface area (Å²) in [5, 5.41) is 10.8. The molecule has 0 aliphatic rings. The third-order valence-electron chi connectivity index (χ3n) is 1.89. The third-order valence-corrected chi connectivity index (χ3v) is 1.89. The molecule has 0 spiro atoms. The minimum atomic E-state index is -0.768. The summed E-state index contributed by atoms with van der Waals surface area (Å²) >= 11 is 0. The molecule has 98 valence electrons. The fourth-order valence-corrected chi connectivity index (χ4v) is 1.28. The molecule has 0 radical (unpaired) electrons. The van der Waals surface area contributed by atoms with Crippen molar-refractivity contribution >= 4 is 17.9 Å². The molecule has 0 heterocycles. The number of carbonyl (C=O) groups excluding carboxylic acids is 2. The average molecular weight is 255 g/mol. The lowest BCUT2D eigenvalue weighted by Crippen LogP contribution is -2.06. The molecular weight excluding hydrogens is 242 g/mol. The van der Waals surface area contributed by atoms with E-state index in [9.17, 15) is 19.7 Å². The highest BCUT2D eigenvalue weighted by atomic mass is 16.6. The summed E-state index contributed by atoms with van der Waals surface area (Å²) in [5.41, 5.74) is -0.677. The lowest BCUT2D eigenvalue weighted by atomic mass is 10.1. The summed E-state index contributed by atoms with van der Waals surface area (Å²) < 4.78 is 9.55. The van der Waals surface area contributed by atoms with Gasteiger partial charge in [0.2, 0.25) is 5.75 Å². The summed E-state index contributed by atoms with van der Waals surface area (Å²) in [4.78, 5) is 31.5. The summed E-state index contributed by atoms with van der Waals surface area (Å²) in [6.07, 6.45) is 0.332. The molecule has 0 aromatic heterocycles. The molecule has 18 heavy (non-hydrogen) atoms. The Labute approximate surface area is 103 Å². The van der Waals surface area contributed by atoms with Crippen LogP contribution in [0.4, 0.5) is 5.69 Å². The molecule has 0 atom stereocenters. The highest BCUT2D eigenvalue weighted by molar-refractivity contribution is 5.85. The number of hydrogen-bond acceptors (Lipinski definition) is 6. The molecule has 1 aromatic rings. The van der Waals surface area contributed by atoms with E-state index in [0.29, 0.717) is 6.29 Å². The first-order chi connectivity index (χ1) is 8.01. The predicted molar refractivity (Wildman–Crippen MR) is 63.1 cm³/mol. The normalized spacial score (nSPS) is 9.00. The van der Waals surface area contributed by atoms with Crippen molar-refractivity contribution in [2.24, 2.45) is 0 Å². The van der Waals surface area contributed by atoms with Gasteiger partial charge in [0, 0.05) is 6.92 Å². The van der Waals surface area contributed by atoms with Gasteiger partial charge < -0.3 is 9.47 Å². The van der Waals surface area contributed by atoms with Crippen LogP contribution in [0.1, 0.15) is 24.7 Å². The van der Waals surface area contributed by atoms with Crippen LogP contribution < -0.4 is 9.47 Å². The fourth-order valence-electron chi connectivity index (χ4n) is 1.28. The van der Waals surface area contributed by atoms with Gasteiger partial charge in [-0.05, 0) is 12.1 Å². The van der Waals surface area contributed by atoms with Gasteiger partial charge in [-0.3, -0.25) is 19.7 Å². The van der Waals surface area contributed by atoms with Crippen LogP contribution in [-0.2, 0) is 4.79 Å². The second-order valence-corrected chi connectivity index (χ2v) is 3.00. The highest BCUT2D eigenvalue weighted by Crippen LogP contribution is 2.38. The molecule has 7 heteroatoms. The third kappa shape index (κ3) is 3.03. The topological polar surface area (TPSA) is 95.7 Å². The number of carbonyl (C=O) groups is 2. The van der Waals surface area contributed by atoms with Gasteiger partial charge in [-0.2, -0.15) is 0 Å². The van der Waals surface area contributed by atoms with Crippen molar-refractivity contribution in [3.05, 3.63) is 27.8 Å². The van der Waals surface area contributed by atoms with E-state index in [1.807, 2.05) is 0 Å². The number of methoxy groups -OCH3 is 1. The average Bonchev–Trinajstić information content (AvgIpc) is 2.27.